The third-order valence-corrected chi connectivity index (χ3v) is 5.24. The predicted molar refractivity (Wildman–Crippen MR) is 88.5 cm³/mol. The minimum atomic E-state index is -1.23. The number of carbonyl (C=O) groups is 1. The van der Waals surface area contributed by atoms with Gasteiger partial charge in [-0.25, -0.2) is 4.39 Å². The van der Waals surface area contributed by atoms with E-state index in [9.17, 15) is 14.3 Å². The van der Waals surface area contributed by atoms with Crippen LogP contribution in [0.25, 0.3) is 0 Å². The Morgan fingerprint density at radius 1 is 1.25 bits per heavy atom. The molecule has 0 unspecified atom stereocenters. The first-order valence-corrected chi connectivity index (χ1v) is 8.17. The Balaban J connectivity index is 1.90. The van der Waals surface area contributed by atoms with Gasteiger partial charge in [0.1, 0.15) is 5.82 Å². The van der Waals surface area contributed by atoms with Crippen molar-refractivity contribution in [2.45, 2.75) is 18.4 Å². The molecule has 2 aromatic rings. The van der Waals surface area contributed by atoms with Gasteiger partial charge in [-0.1, -0.05) is 48.0 Å². The van der Waals surface area contributed by atoms with E-state index < -0.39 is 5.97 Å². The molecule has 0 spiro atoms. The van der Waals surface area contributed by atoms with Crippen molar-refractivity contribution in [1.82, 2.24) is 0 Å². The number of fused-ring (bicyclic) bond motifs is 3. The highest BCUT2D eigenvalue weighted by atomic mass is 35.5. The molecule has 1 heterocycles. The summed E-state index contributed by atoms with van der Waals surface area (Å²) in [5.41, 5.74) is 1.89. The number of nitrogens with one attached hydrogen (secondary N) is 1. The summed E-state index contributed by atoms with van der Waals surface area (Å²) in [5.74, 6) is -1.60. The average Bonchev–Trinajstić information content (AvgIpc) is 3.05. The summed E-state index contributed by atoms with van der Waals surface area (Å²) < 4.78 is 14.3. The third kappa shape index (κ3) is 2.21. The standard InChI is InChI=1S/C19H15ClFNO2/c20-14-9-8-13(19(23)24)16-10-5-3-6-11(10)17(22-18(14)16)12-4-1-2-7-15(12)21/h1-5,7-11,17,22H,6H2,(H,23,24)/p-1/t10-,11+,17+/m0/s1. The monoisotopic (exact) mass is 342 g/mol. The van der Waals surface area contributed by atoms with Crippen LogP contribution < -0.4 is 10.4 Å². The van der Waals surface area contributed by atoms with Gasteiger partial charge in [-0.3, -0.25) is 0 Å². The molecule has 0 aromatic heterocycles. The Bertz CT molecular complexity index is 864. The molecule has 1 N–H and O–H groups in total. The van der Waals surface area contributed by atoms with Crippen molar-refractivity contribution in [2.24, 2.45) is 5.92 Å². The van der Waals surface area contributed by atoms with Crippen LogP contribution >= 0.6 is 11.6 Å². The first-order chi connectivity index (χ1) is 11.6. The van der Waals surface area contributed by atoms with Crippen molar-refractivity contribution in [1.29, 1.82) is 0 Å². The van der Waals surface area contributed by atoms with Gasteiger partial charge in [0, 0.05) is 17.0 Å². The van der Waals surface area contributed by atoms with Crippen molar-refractivity contribution in [2.75, 3.05) is 5.32 Å². The number of carbonyl (C=O) groups excluding carboxylic acids is 1. The summed E-state index contributed by atoms with van der Waals surface area (Å²) in [6, 6.07) is 9.38. The molecule has 3 nitrogen and oxygen atoms in total. The van der Waals surface area contributed by atoms with Gasteiger partial charge in [-0.15, -0.1) is 0 Å². The van der Waals surface area contributed by atoms with E-state index in [2.05, 4.69) is 5.32 Å². The van der Waals surface area contributed by atoms with Crippen molar-refractivity contribution >= 4 is 23.3 Å². The maximum atomic E-state index is 14.3. The second-order valence-corrected chi connectivity index (χ2v) is 6.58. The van der Waals surface area contributed by atoms with E-state index in [1.54, 1.807) is 18.2 Å². The zero-order valence-corrected chi connectivity index (χ0v) is 13.4. The van der Waals surface area contributed by atoms with E-state index >= 15 is 0 Å². The number of hydrogen-bond acceptors (Lipinski definition) is 3. The molecular formula is C19H14ClFNO2-. The van der Waals surface area contributed by atoms with Crippen molar-refractivity contribution < 1.29 is 14.3 Å². The van der Waals surface area contributed by atoms with Gasteiger partial charge >= 0.3 is 0 Å². The number of halogens is 2. The van der Waals surface area contributed by atoms with Gasteiger partial charge in [-0.2, -0.15) is 0 Å². The largest absolute Gasteiger partial charge is 0.545 e. The molecule has 1 aliphatic heterocycles. The SMILES string of the molecule is O=C([O-])c1ccc(Cl)c2c1[C@H]1C=CC[C@H]1[C@H](c1ccccc1F)N2. The van der Waals surface area contributed by atoms with Gasteiger partial charge < -0.3 is 15.2 Å². The molecule has 0 saturated heterocycles. The molecule has 122 valence electrons. The smallest absolute Gasteiger partial charge is 0.128 e. The Hall–Kier alpha value is -2.33. The molecule has 2 aliphatic rings. The van der Waals surface area contributed by atoms with E-state index in [1.165, 1.54) is 18.2 Å². The summed E-state index contributed by atoms with van der Waals surface area (Å²) in [5, 5.41) is 15.2. The third-order valence-electron chi connectivity index (χ3n) is 4.93. The van der Waals surface area contributed by atoms with Crippen molar-refractivity contribution in [3.8, 4) is 0 Å². The lowest BCUT2D eigenvalue weighted by Gasteiger charge is -2.39. The Kier molecular flexibility index (Phi) is 3.57. The number of rotatable bonds is 2. The fourth-order valence-electron chi connectivity index (χ4n) is 3.89. The molecule has 4 rings (SSSR count). The molecule has 5 heteroatoms. The number of allylic oxidation sites excluding steroid dienone is 2. The second kappa shape index (κ2) is 5.64. The number of aromatic carboxylic acids is 1. The highest BCUT2D eigenvalue weighted by Crippen LogP contribution is 2.52. The van der Waals surface area contributed by atoms with Crippen LogP contribution in [0.15, 0.2) is 48.6 Å². The van der Waals surface area contributed by atoms with E-state index in [4.69, 9.17) is 11.6 Å². The van der Waals surface area contributed by atoms with Crippen LogP contribution in [0.4, 0.5) is 10.1 Å². The highest BCUT2D eigenvalue weighted by Gasteiger charge is 2.40. The lowest BCUT2D eigenvalue weighted by atomic mass is 9.75. The molecule has 0 fully saturated rings. The molecule has 2 aromatic carbocycles. The highest BCUT2D eigenvalue weighted by molar-refractivity contribution is 6.33. The quantitative estimate of drug-likeness (QED) is 0.847. The Morgan fingerprint density at radius 2 is 2.04 bits per heavy atom. The number of anilines is 1. The first-order valence-electron chi connectivity index (χ1n) is 7.79. The van der Waals surface area contributed by atoms with Crippen LogP contribution in [0, 0.1) is 11.7 Å². The Morgan fingerprint density at radius 3 is 2.79 bits per heavy atom. The summed E-state index contributed by atoms with van der Waals surface area (Å²) in [6.45, 7) is 0. The molecule has 24 heavy (non-hydrogen) atoms. The molecular weight excluding hydrogens is 329 g/mol. The second-order valence-electron chi connectivity index (χ2n) is 6.17. The van der Waals surface area contributed by atoms with Crippen LogP contribution in [-0.2, 0) is 0 Å². The summed E-state index contributed by atoms with van der Waals surface area (Å²) in [6.07, 6.45) is 4.75. The molecule has 0 radical (unpaired) electrons. The van der Waals surface area contributed by atoms with Crippen molar-refractivity contribution in [3.05, 3.63) is 76.1 Å². The average molecular weight is 343 g/mol. The van der Waals surface area contributed by atoms with E-state index in [0.717, 1.165) is 6.42 Å². The Labute approximate surface area is 143 Å². The lowest BCUT2D eigenvalue weighted by Crippen LogP contribution is -2.33. The van der Waals surface area contributed by atoms with Gasteiger partial charge in [0.05, 0.1) is 22.7 Å². The maximum absolute atomic E-state index is 14.3. The zero-order valence-electron chi connectivity index (χ0n) is 12.6. The van der Waals surface area contributed by atoms with E-state index in [-0.39, 0.29) is 29.3 Å². The molecule has 1 aliphatic carbocycles. The van der Waals surface area contributed by atoms with Gasteiger partial charge in [0.2, 0.25) is 0 Å². The van der Waals surface area contributed by atoms with Crippen LogP contribution in [0.1, 0.15) is 39.9 Å². The maximum Gasteiger partial charge on any atom is 0.128 e. The number of benzene rings is 2. The summed E-state index contributed by atoms with van der Waals surface area (Å²) >= 11 is 6.31. The lowest BCUT2D eigenvalue weighted by molar-refractivity contribution is -0.255. The number of hydrogen-bond donors (Lipinski definition) is 1. The molecule has 0 saturated carbocycles. The van der Waals surface area contributed by atoms with Crippen LogP contribution in [-0.4, -0.2) is 5.97 Å². The minimum Gasteiger partial charge on any atom is -0.545 e. The minimum absolute atomic E-state index is 0.0333. The number of carboxylic acid groups (broad SMARTS) is 1. The molecule has 3 atom stereocenters. The summed E-state index contributed by atoms with van der Waals surface area (Å²) in [4.78, 5) is 11.5. The zero-order chi connectivity index (χ0) is 16.8. The van der Waals surface area contributed by atoms with Gasteiger partial charge in [0.25, 0.3) is 0 Å². The fraction of sp³-hybridized carbons (Fsp3) is 0.211. The fourth-order valence-corrected chi connectivity index (χ4v) is 4.11. The van der Waals surface area contributed by atoms with Gasteiger partial charge in [0.15, 0.2) is 0 Å². The predicted octanol–water partition coefficient (Wildman–Crippen LogP) is 3.67. The van der Waals surface area contributed by atoms with E-state index in [1.807, 2.05) is 12.2 Å². The summed E-state index contributed by atoms with van der Waals surface area (Å²) in [7, 11) is 0. The normalized spacial score (nSPS) is 24.2. The van der Waals surface area contributed by atoms with Crippen LogP contribution in [0.2, 0.25) is 5.02 Å². The van der Waals surface area contributed by atoms with Crippen LogP contribution in [0.3, 0.4) is 0 Å². The van der Waals surface area contributed by atoms with Crippen LogP contribution in [0.5, 0.6) is 0 Å². The first kappa shape index (κ1) is 15.2. The topological polar surface area (TPSA) is 52.2 Å². The van der Waals surface area contributed by atoms with Crippen molar-refractivity contribution in [3.63, 3.8) is 0 Å². The van der Waals surface area contributed by atoms with Gasteiger partial charge in [-0.05, 0) is 30.0 Å². The molecule has 0 bridgehead atoms. The number of carboxylic acids is 1. The molecule has 0 amide bonds. The van der Waals surface area contributed by atoms with E-state index in [0.29, 0.717) is 21.8 Å².